The van der Waals surface area contributed by atoms with Crippen LogP contribution in [0.5, 0.6) is 0 Å². The van der Waals surface area contributed by atoms with E-state index >= 15 is 0 Å². The lowest BCUT2D eigenvalue weighted by Crippen LogP contribution is -2.11. The Morgan fingerprint density at radius 3 is 2.80 bits per heavy atom. The number of rotatable bonds is 3. The summed E-state index contributed by atoms with van der Waals surface area (Å²) in [5.74, 6) is -1.42. The minimum Gasteiger partial charge on any atom is -0.319 e. The number of fused-ring (bicyclic) bond motifs is 2. The van der Waals surface area contributed by atoms with Crippen molar-refractivity contribution in [1.29, 1.82) is 0 Å². The van der Waals surface area contributed by atoms with Crippen molar-refractivity contribution in [2.75, 3.05) is 0 Å². The van der Waals surface area contributed by atoms with E-state index in [-0.39, 0.29) is 12.1 Å². The van der Waals surface area contributed by atoms with Crippen molar-refractivity contribution in [3.63, 3.8) is 0 Å². The minimum atomic E-state index is -1.08. The molecule has 3 aromatic heterocycles. The molecule has 1 N–H and O–H groups in total. The average Bonchev–Trinajstić information content (AvgIpc) is 3.28. The topological polar surface area (TPSA) is 63.6 Å². The Balaban J connectivity index is 1.78. The van der Waals surface area contributed by atoms with Gasteiger partial charge in [-0.05, 0) is 42.8 Å². The van der Waals surface area contributed by atoms with Crippen molar-refractivity contribution in [3.8, 4) is 10.7 Å². The Bertz CT molecular complexity index is 1500. The molecule has 150 valence electrons. The van der Waals surface area contributed by atoms with E-state index in [1.807, 2.05) is 17.6 Å². The molecule has 0 saturated heterocycles. The van der Waals surface area contributed by atoms with E-state index in [1.54, 1.807) is 17.6 Å². The number of halogens is 3. The predicted molar refractivity (Wildman–Crippen MR) is 114 cm³/mol. The Labute approximate surface area is 177 Å². The fourth-order valence-electron chi connectivity index (χ4n) is 3.59. The van der Waals surface area contributed by atoms with Crippen molar-refractivity contribution in [2.45, 2.75) is 13.5 Å². The Morgan fingerprint density at radius 1 is 1.20 bits per heavy atom. The molecule has 5 rings (SSSR count). The molecule has 0 bridgehead atoms. The molecular weight excluding hydrogens is 430 g/mol. The zero-order valence-corrected chi connectivity index (χ0v) is 17.1. The zero-order valence-electron chi connectivity index (χ0n) is 15.5. The van der Waals surface area contributed by atoms with Gasteiger partial charge >= 0.3 is 0 Å². The first-order valence-corrected chi connectivity index (χ1v) is 10.2. The third-order valence-corrected chi connectivity index (χ3v) is 6.14. The van der Waals surface area contributed by atoms with Crippen LogP contribution in [-0.4, -0.2) is 19.5 Å². The highest BCUT2D eigenvalue weighted by Crippen LogP contribution is 2.32. The Hall–Kier alpha value is -3.10. The van der Waals surface area contributed by atoms with Crippen LogP contribution in [0.25, 0.3) is 32.6 Å². The number of thiazole rings is 1. The van der Waals surface area contributed by atoms with Crippen LogP contribution in [0.15, 0.2) is 46.7 Å². The van der Waals surface area contributed by atoms with Crippen LogP contribution >= 0.6 is 22.9 Å². The molecule has 5 aromatic rings. The van der Waals surface area contributed by atoms with Gasteiger partial charge in [-0.1, -0.05) is 11.6 Å². The van der Waals surface area contributed by atoms with Gasteiger partial charge in [-0.3, -0.25) is 4.79 Å². The second kappa shape index (κ2) is 7.00. The minimum absolute atomic E-state index is 0.152. The largest absolute Gasteiger partial charge is 0.319 e. The molecular formula is C21H13ClF2N4OS. The summed E-state index contributed by atoms with van der Waals surface area (Å²) in [6, 6.07) is 9.28. The number of nitrogens with zero attached hydrogens (tertiary/aromatic N) is 3. The van der Waals surface area contributed by atoms with Crippen molar-refractivity contribution in [3.05, 3.63) is 80.2 Å². The second-order valence-electron chi connectivity index (χ2n) is 6.86. The highest BCUT2D eigenvalue weighted by molar-refractivity contribution is 7.13. The van der Waals surface area contributed by atoms with E-state index < -0.39 is 17.2 Å². The standard InChI is InChI=1S/C21H13ClF2N4OS/c1-10-20(30-9-25-10)21-26-15-7-12(22)2-5-16(15)28(21)8-11-6-17(29)27-19-13(11)3-4-14(23)18(19)24/h2-7,9H,8H2,1H3,(H,27,29). The van der Waals surface area contributed by atoms with Crippen LogP contribution < -0.4 is 5.56 Å². The van der Waals surface area contributed by atoms with Gasteiger partial charge in [0, 0.05) is 16.5 Å². The molecule has 0 amide bonds. The lowest BCUT2D eigenvalue weighted by atomic mass is 10.1. The van der Waals surface area contributed by atoms with Gasteiger partial charge in [0.15, 0.2) is 17.5 Å². The number of aryl methyl sites for hydroxylation is 1. The maximum absolute atomic E-state index is 14.3. The third kappa shape index (κ3) is 3.00. The molecule has 30 heavy (non-hydrogen) atoms. The van der Waals surface area contributed by atoms with E-state index in [2.05, 4.69) is 9.97 Å². The number of aromatic amines is 1. The first-order chi connectivity index (χ1) is 14.4. The summed E-state index contributed by atoms with van der Waals surface area (Å²) in [5, 5.41) is 0.982. The van der Waals surface area contributed by atoms with E-state index in [1.165, 1.54) is 23.5 Å². The van der Waals surface area contributed by atoms with Crippen molar-refractivity contribution in [1.82, 2.24) is 19.5 Å². The summed E-state index contributed by atoms with van der Waals surface area (Å²) in [5.41, 5.74) is 3.94. The molecule has 0 unspecified atom stereocenters. The second-order valence-corrected chi connectivity index (χ2v) is 8.16. The normalized spacial score (nSPS) is 11.6. The molecule has 9 heteroatoms. The number of H-pyrrole nitrogens is 1. The fourth-order valence-corrected chi connectivity index (χ4v) is 4.56. The Kier molecular flexibility index (Phi) is 4.41. The number of pyridine rings is 1. The third-order valence-electron chi connectivity index (χ3n) is 4.98. The molecule has 0 spiro atoms. The first-order valence-electron chi connectivity index (χ1n) is 8.98. The van der Waals surface area contributed by atoms with E-state index in [0.717, 1.165) is 22.2 Å². The van der Waals surface area contributed by atoms with Crippen molar-refractivity contribution in [2.24, 2.45) is 0 Å². The zero-order chi connectivity index (χ0) is 21.0. The molecule has 0 aliphatic heterocycles. The quantitative estimate of drug-likeness (QED) is 0.413. The van der Waals surface area contributed by atoms with Crippen LogP contribution in [0.3, 0.4) is 0 Å². The summed E-state index contributed by atoms with van der Waals surface area (Å²) >= 11 is 7.60. The van der Waals surface area contributed by atoms with Crippen LogP contribution in [0.1, 0.15) is 11.3 Å². The lowest BCUT2D eigenvalue weighted by Gasteiger charge is -2.12. The van der Waals surface area contributed by atoms with Gasteiger partial charge in [0.25, 0.3) is 0 Å². The van der Waals surface area contributed by atoms with Gasteiger partial charge < -0.3 is 9.55 Å². The van der Waals surface area contributed by atoms with Crippen LogP contribution in [0.4, 0.5) is 8.78 Å². The highest BCUT2D eigenvalue weighted by Gasteiger charge is 2.19. The SMILES string of the molecule is Cc1ncsc1-c1nc2cc(Cl)ccc2n1Cc1cc(=O)[nH]c2c(F)c(F)ccc12. The number of hydrogen-bond donors (Lipinski definition) is 1. The van der Waals surface area contributed by atoms with Crippen LogP contribution in [-0.2, 0) is 6.54 Å². The summed E-state index contributed by atoms with van der Waals surface area (Å²) < 4.78 is 29.9. The highest BCUT2D eigenvalue weighted by atomic mass is 35.5. The number of hydrogen-bond acceptors (Lipinski definition) is 4. The van der Waals surface area contributed by atoms with Crippen LogP contribution in [0.2, 0.25) is 5.02 Å². The monoisotopic (exact) mass is 442 g/mol. The van der Waals surface area contributed by atoms with E-state index in [9.17, 15) is 13.6 Å². The number of aromatic nitrogens is 4. The van der Waals surface area contributed by atoms with E-state index in [4.69, 9.17) is 16.6 Å². The number of benzene rings is 2. The maximum Gasteiger partial charge on any atom is 0.248 e. The summed E-state index contributed by atoms with van der Waals surface area (Å²) in [4.78, 5) is 24.5. The van der Waals surface area contributed by atoms with E-state index in [0.29, 0.717) is 27.3 Å². The van der Waals surface area contributed by atoms with Gasteiger partial charge in [0.1, 0.15) is 0 Å². The fraction of sp³-hybridized carbons (Fsp3) is 0.0952. The Morgan fingerprint density at radius 2 is 2.03 bits per heavy atom. The predicted octanol–water partition coefficient (Wildman–Crippen LogP) is 5.29. The van der Waals surface area contributed by atoms with Crippen molar-refractivity contribution >= 4 is 44.9 Å². The van der Waals surface area contributed by atoms with Gasteiger partial charge in [0.05, 0.1) is 39.2 Å². The molecule has 0 fully saturated rings. The first kappa shape index (κ1) is 18.9. The molecule has 5 nitrogen and oxygen atoms in total. The average molecular weight is 443 g/mol. The summed E-state index contributed by atoms with van der Waals surface area (Å²) in [6.45, 7) is 2.12. The van der Waals surface area contributed by atoms with Gasteiger partial charge in [0.2, 0.25) is 5.56 Å². The molecule has 0 saturated carbocycles. The summed E-state index contributed by atoms with van der Waals surface area (Å²) in [6.07, 6.45) is 0. The van der Waals surface area contributed by atoms with Gasteiger partial charge in [-0.25, -0.2) is 18.7 Å². The number of nitrogens with one attached hydrogen (secondary N) is 1. The smallest absolute Gasteiger partial charge is 0.248 e. The maximum atomic E-state index is 14.3. The number of imidazole rings is 1. The van der Waals surface area contributed by atoms with Gasteiger partial charge in [-0.15, -0.1) is 11.3 Å². The molecule has 0 atom stereocenters. The molecule has 0 aliphatic rings. The summed E-state index contributed by atoms with van der Waals surface area (Å²) in [7, 11) is 0. The van der Waals surface area contributed by atoms with Crippen molar-refractivity contribution < 1.29 is 8.78 Å². The molecule has 0 aliphatic carbocycles. The van der Waals surface area contributed by atoms with Crippen LogP contribution in [0, 0.1) is 18.6 Å². The lowest BCUT2D eigenvalue weighted by molar-refractivity contribution is 0.515. The molecule has 0 radical (unpaired) electrons. The molecule has 2 aromatic carbocycles. The molecule has 3 heterocycles. The van der Waals surface area contributed by atoms with Gasteiger partial charge in [-0.2, -0.15) is 0 Å².